The number of carbonyl (C=O) groups excluding carboxylic acids is 2. The van der Waals surface area contributed by atoms with Crippen LogP contribution in [0.5, 0.6) is 5.75 Å². The minimum absolute atomic E-state index is 0.0519. The second kappa shape index (κ2) is 9.77. The number of hydrogen-bond acceptors (Lipinski definition) is 6. The molecule has 5 atom stereocenters. The Morgan fingerprint density at radius 3 is 2.47 bits per heavy atom. The number of benzene rings is 1. The van der Waals surface area contributed by atoms with Crippen molar-refractivity contribution < 1.29 is 37.2 Å². The summed E-state index contributed by atoms with van der Waals surface area (Å²) in [5.41, 5.74) is -0.450. The van der Waals surface area contributed by atoms with Crippen molar-refractivity contribution in [3.05, 3.63) is 29.3 Å². The Hall–Kier alpha value is -2.20. The molecule has 1 amide bonds. The van der Waals surface area contributed by atoms with E-state index in [0.29, 0.717) is 11.5 Å². The lowest BCUT2D eigenvalue weighted by atomic mass is 9.43. The van der Waals surface area contributed by atoms with Crippen LogP contribution in [0.15, 0.2) is 18.2 Å². The van der Waals surface area contributed by atoms with Crippen LogP contribution in [0, 0.1) is 17.3 Å². The lowest BCUT2D eigenvalue weighted by Gasteiger charge is -2.64. The standard InChI is InChI=1S/C28H40BF2NO6/c1-9-28(30,31)24(34)32-21(29-37-20-15-17-14-19(26(17,5)6)27(20,7)38-29)13-16-11-10-12-18(22(16)35-8)23(33)36-25(2,3)4/h10-12,17,19-21H,9,13-15H2,1-8H3,(H,32,34). The van der Waals surface area contributed by atoms with Gasteiger partial charge in [-0.2, -0.15) is 8.78 Å². The van der Waals surface area contributed by atoms with Crippen LogP contribution >= 0.6 is 0 Å². The van der Waals surface area contributed by atoms with E-state index in [2.05, 4.69) is 19.2 Å². The molecule has 1 N–H and O–H groups in total. The fraction of sp³-hybridized carbons (Fsp3) is 0.714. The predicted molar refractivity (Wildman–Crippen MR) is 139 cm³/mol. The number of ether oxygens (including phenoxy) is 2. The van der Waals surface area contributed by atoms with Gasteiger partial charge in [-0.25, -0.2) is 4.79 Å². The van der Waals surface area contributed by atoms with Crippen molar-refractivity contribution in [1.29, 1.82) is 0 Å². The fourth-order valence-electron chi connectivity index (χ4n) is 6.44. The van der Waals surface area contributed by atoms with Crippen molar-refractivity contribution >= 4 is 19.0 Å². The molecule has 1 aliphatic heterocycles. The highest BCUT2D eigenvalue weighted by molar-refractivity contribution is 6.48. The number of esters is 1. The molecule has 4 aliphatic rings. The minimum Gasteiger partial charge on any atom is -0.496 e. The van der Waals surface area contributed by atoms with Crippen molar-refractivity contribution in [3.8, 4) is 5.75 Å². The largest absolute Gasteiger partial charge is 0.496 e. The summed E-state index contributed by atoms with van der Waals surface area (Å²) < 4.78 is 52.7. The zero-order valence-corrected chi connectivity index (χ0v) is 23.7. The molecule has 1 aromatic rings. The number of amides is 1. The van der Waals surface area contributed by atoms with Gasteiger partial charge in [0.05, 0.1) is 24.8 Å². The fourth-order valence-corrected chi connectivity index (χ4v) is 6.44. The molecule has 210 valence electrons. The molecule has 3 aliphatic carbocycles. The first kappa shape index (κ1) is 28.8. The van der Waals surface area contributed by atoms with E-state index in [1.54, 1.807) is 39.0 Å². The summed E-state index contributed by atoms with van der Waals surface area (Å²) >= 11 is 0. The number of rotatable bonds is 8. The van der Waals surface area contributed by atoms with E-state index in [1.165, 1.54) is 14.0 Å². The molecule has 5 rings (SSSR count). The second-order valence-corrected chi connectivity index (χ2v) is 12.7. The third-order valence-electron chi connectivity index (χ3n) is 8.75. The average Bonchev–Trinajstić information content (AvgIpc) is 3.19. The van der Waals surface area contributed by atoms with Crippen molar-refractivity contribution in [2.45, 2.75) is 103 Å². The van der Waals surface area contributed by atoms with E-state index in [9.17, 15) is 18.4 Å². The molecule has 38 heavy (non-hydrogen) atoms. The van der Waals surface area contributed by atoms with Gasteiger partial charge in [-0.05, 0) is 75.8 Å². The summed E-state index contributed by atoms with van der Waals surface area (Å²) in [7, 11) is 0.491. The normalized spacial score (nSPS) is 28.7. The Labute approximate surface area is 224 Å². The third-order valence-corrected chi connectivity index (χ3v) is 8.75. The molecule has 0 spiro atoms. The number of alkyl halides is 2. The molecular formula is C28H40BF2NO6. The third kappa shape index (κ3) is 5.06. The first-order valence-electron chi connectivity index (χ1n) is 13.4. The number of halogens is 2. The van der Waals surface area contributed by atoms with Gasteiger partial charge in [-0.3, -0.25) is 4.79 Å². The monoisotopic (exact) mass is 535 g/mol. The molecule has 0 aromatic heterocycles. The maximum Gasteiger partial charge on any atom is 0.482 e. The van der Waals surface area contributed by atoms with Gasteiger partial charge in [0.15, 0.2) is 0 Å². The van der Waals surface area contributed by atoms with Crippen molar-refractivity contribution in [3.63, 3.8) is 0 Å². The summed E-state index contributed by atoms with van der Waals surface area (Å²) in [6.45, 7) is 13.1. The van der Waals surface area contributed by atoms with E-state index in [1.807, 2.05) is 6.92 Å². The van der Waals surface area contributed by atoms with Gasteiger partial charge >= 0.3 is 19.0 Å². The number of hydrogen-bond donors (Lipinski definition) is 1. The Kier molecular flexibility index (Phi) is 7.41. The van der Waals surface area contributed by atoms with Crippen LogP contribution in [0.1, 0.15) is 83.7 Å². The minimum atomic E-state index is -3.54. The maximum absolute atomic E-state index is 14.4. The van der Waals surface area contributed by atoms with E-state index in [0.717, 1.165) is 12.8 Å². The molecule has 1 saturated heterocycles. The Morgan fingerprint density at radius 2 is 1.89 bits per heavy atom. The molecule has 0 radical (unpaired) electrons. The lowest BCUT2D eigenvalue weighted by Crippen LogP contribution is -2.65. The molecule has 4 fully saturated rings. The van der Waals surface area contributed by atoms with Gasteiger partial charge in [-0.1, -0.05) is 32.9 Å². The highest BCUT2D eigenvalue weighted by Crippen LogP contribution is 2.65. The summed E-state index contributed by atoms with van der Waals surface area (Å²) in [5.74, 6) is -5.40. The first-order valence-corrected chi connectivity index (χ1v) is 13.4. The summed E-state index contributed by atoms with van der Waals surface area (Å²) in [4.78, 5) is 25.5. The predicted octanol–water partition coefficient (Wildman–Crippen LogP) is 4.99. The summed E-state index contributed by atoms with van der Waals surface area (Å²) in [6.07, 6.45) is 1.08. The van der Waals surface area contributed by atoms with Gasteiger partial charge in [0.25, 0.3) is 5.91 Å². The van der Waals surface area contributed by atoms with Gasteiger partial charge in [0, 0.05) is 6.42 Å². The van der Waals surface area contributed by atoms with Crippen LogP contribution in [-0.2, 0) is 25.3 Å². The van der Waals surface area contributed by atoms with E-state index in [4.69, 9.17) is 18.8 Å². The van der Waals surface area contributed by atoms with Crippen LogP contribution in [0.2, 0.25) is 0 Å². The lowest BCUT2D eigenvalue weighted by molar-refractivity contribution is -0.199. The average molecular weight is 535 g/mol. The summed E-state index contributed by atoms with van der Waals surface area (Å²) in [6, 6.07) is 4.99. The smallest absolute Gasteiger partial charge is 0.482 e. The van der Waals surface area contributed by atoms with Crippen molar-refractivity contribution in [1.82, 2.24) is 5.32 Å². The van der Waals surface area contributed by atoms with Gasteiger partial charge in [0.1, 0.15) is 16.9 Å². The Bertz CT molecular complexity index is 1090. The topological polar surface area (TPSA) is 83.1 Å². The molecule has 5 unspecified atom stereocenters. The number of carbonyl (C=O) groups is 2. The number of para-hydroxylation sites is 1. The van der Waals surface area contributed by atoms with Gasteiger partial charge in [-0.15, -0.1) is 0 Å². The molecule has 3 saturated carbocycles. The molecule has 1 heterocycles. The van der Waals surface area contributed by atoms with Crippen LogP contribution in [0.3, 0.4) is 0 Å². The maximum atomic E-state index is 14.4. The molecule has 1 aromatic carbocycles. The molecule has 10 heteroatoms. The Morgan fingerprint density at radius 1 is 1.21 bits per heavy atom. The van der Waals surface area contributed by atoms with E-state index in [-0.39, 0.29) is 35.2 Å². The Balaban J connectivity index is 1.65. The van der Waals surface area contributed by atoms with Crippen LogP contribution in [-0.4, -0.2) is 55.3 Å². The van der Waals surface area contributed by atoms with Crippen LogP contribution < -0.4 is 10.1 Å². The first-order chi connectivity index (χ1) is 17.5. The number of methoxy groups -OCH3 is 1. The highest BCUT2D eigenvalue weighted by atomic mass is 19.3. The van der Waals surface area contributed by atoms with Crippen LogP contribution in [0.25, 0.3) is 0 Å². The van der Waals surface area contributed by atoms with Gasteiger partial charge in [0.2, 0.25) is 0 Å². The second-order valence-electron chi connectivity index (χ2n) is 12.7. The van der Waals surface area contributed by atoms with Crippen LogP contribution in [0.4, 0.5) is 8.78 Å². The van der Waals surface area contributed by atoms with Crippen molar-refractivity contribution in [2.75, 3.05) is 7.11 Å². The highest BCUT2D eigenvalue weighted by Gasteiger charge is 2.68. The van der Waals surface area contributed by atoms with Crippen molar-refractivity contribution in [2.24, 2.45) is 17.3 Å². The quantitative estimate of drug-likeness (QED) is 0.373. The zero-order valence-electron chi connectivity index (χ0n) is 23.7. The van der Waals surface area contributed by atoms with E-state index < -0.39 is 48.5 Å². The molecular weight excluding hydrogens is 495 g/mol. The SMILES string of the molecule is CCC(F)(F)C(=O)NC(Cc1cccc(C(=O)OC(C)(C)C)c1OC)B1OC2CC3CC(C3(C)C)C2(C)O1. The number of nitrogens with one attached hydrogen (secondary N) is 1. The molecule has 2 bridgehead atoms. The molecule has 7 nitrogen and oxygen atoms in total. The van der Waals surface area contributed by atoms with Gasteiger partial charge < -0.3 is 24.1 Å². The summed E-state index contributed by atoms with van der Waals surface area (Å²) in [5, 5.41) is 2.50. The van der Waals surface area contributed by atoms with E-state index >= 15 is 0 Å². The zero-order chi connectivity index (χ0) is 28.3.